The van der Waals surface area contributed by atoms with Crippen LogP contribution in [0.2, 0.25) is 0 Å². The summed E-state index contributed by atoms with van der Waals surface area (Å²) in [6.07, 6.45) is 1.78. The molecule has 0 spiro atoms. The standard InChI is InChI=1S/C24H29NO4/c1-24(2,23(26)27)19-11-13-25(14-12-19)15-17-7-9-18(10-8-17)22-16-28-20-5-3-4-6-21(20)29-22/h3-10,19,22H,11-16H2,1-2H3,(H,26,27). The third kappa shape index (κ3) is 4.25. The van der Waals surface area contributed by atoms with Crippen molar-refractivity contribution in [3.63, 3.8) is 0 Å². The number of likely N-dealkylation sites (tertiary alicyclic amines) is 1. The first-order valence-corrected chi connectivity index (χ1v) is 10.4. The van der Waals surface area contributed by atoms with Gasteiger partial charge >= 0.3 is 5.97 Å². The molecular weight excluding hydrogens is 366 g/mol. The molecule has 2 aromatic carbocycles. The molecule has 1 fully saturated rings. The molecule has 0 aliphatic carbocycles. The second-order valence-corrected chi connectivity index (χ2v) is 8.68. The van der Waals surface area contributed by atoms with Crippen LogP contribution in [-0.2, 0) is 11.3 Å². The predicted octanol–water partition coefficient (Wildman–Crippen LogP) is 4.52. The molecule has 0 radical (unpaired) electrons. The van der Waals surface area contributed by atoms with Crippen molar-refractivity contribution in [2.45, 2.75) is 39.3 Å². The zero-order valence-corrected chi connectivity index (χ0v) is 17.1. The molecule has 0 bridgehead atoms. The Kier molecular flexibility index (Phi) is 5.50. The number of carbonyl (C=O) groups is 1. The molecule has 29 heavy (non-hydrogen) atoms. The van der Waals surface area contributed by atoms with E-state index in [1.165, 1.54) is 5.56 Å². The molecule has 2 aliphatic rings. The Bertz CT molecular complexity index is 853. The fraction of sp³-hybridized carbons (Fsp3) is 0.458. The van der Waals surface area contributed by atoms with Crippen LogP contribution >= 0.6 is 0 Å². The highest BCUT2D eigenvalue weighted by Gasteiger charge is 2.38. The van der Waals surface area contributed by atoms with E-state index in [0.717, 1.165) is 49.5 Å². The third-order valence-corrected chi connectivity index (χ3v) is 6.43. The van der Waals surface area contributed by atoms with Crippen molar-refractivity contribution in [3.8, 4) is 11.5 Å². The molecule has 1 saturated heterocycles. The number of benzene rings is 2. The molecule has 1 atom stereocenters. The van der Waals surface area contributed by atoms with E-state index in [2.05, 4.69) is 29.2 Å². The molecule has 4 rings (SSSR count). The number of para-hydroxylation sites is 2. The Balaban J connectivity index is 1.32. The zero-order chi connectivity index (χ0) is 20.4. The first-order chi connectivity index (χ1) is 13.9. The lowest BCUT2D eigenvalue weighted by Gasteiger charge is -2.38. The highest BCUT2D eigenvalue weighted by atomic mass is 16.6. The van der Waals surface area contributed by atoms with Crippen LogP contribution in [0.25, 0.3) is 0 Å². The number of hydrogen-bond donors (Lipinski definition) is 1. The van der Waals surface area contributed by atoms with Gasteiger partial charge in [0.2, 0.25) is 0 Å². The summed E-state index contributed by atoms with van der Waals surface area (Å²) in [5, 5.41) is 9.45. The van der Waals surface area contributed by atoms with Crippen LogP contribution in [0.15, 0.2) is 48.5 Å². The normalized spacial score (nSPS) is 20.4. The Morgan fingerprint density at radius 1 is 1.07 bits per heavy atom. The van der Waals surface area contributed by atoms with Crippen LogP contribution in [0.4, 0.5) is 0 Å². The molecule has 0 saturated carbocycles. The monoisotopic (exact) mass is 395 g/mol. The van der Waals surface area contributed by atoms with Crippen molar-refractivity contribution in [1.29, 1.82) is 0 Å². The van der Waals surface area contributed by atoms with E-state index in [-0.39, 0.29) is 12.0 Å². The van der Waals surface area contributed by atoms with Crippen molar-refractivity contribution in [2.24, 2.45) is 11.3 Å². The van der Waals surface area contributed by atoms with Gasteiger partial charge in [-0.15, -0.1) is 0 Å². The van der Waals surface area contributed by atoms with Crippen LogP contribution in [0.3, 0.4) is 0 Å². The molecule has 1 N–H and O–H groups in total. The number of carboxylic acid groups (broad SMARTS) is 1. The van der Waals surface area contributed by atoms with Crippen LogP contribution < -0.4 is 9.47 Å². The average molecular weight is 395 g/mol. The van der Waals surface area contributed by atoms with E-state index in [1.54, 1.807) is 0 Å². The Hall–Kier alpha value is -2.53. The van der Waals surface area contributed by atoms with Gasteiger partial charge in [0, 0.05) is 6.54 Å². The van der Waals surface area contributed by atoms with Crippen molar-refractivity contribution in [3.05, 3.63) is 59.7 Å². The summed E-state index contributed by atoms with van der Waals surface area (Å²) in [6, 6.07) is 16.3. The molecule has 0 aromatic heterocycles. The number of ether oxygens (including phenoxy) is 2. The van der Waals surface area contributed by atoms with Gasteiger partial charge in [0.15, 0.2) is 17.6 Å². The van der Waals surface area contributed by atoms with Crippen LogP contribution in [-0.4, -0.2) is 35.7 Å². The minimum Gasteiger partial charge on any atom is -0.485 e. The SMILES string of the molecule is CC(C)(C(=O)O)C1CCN(Cc2ccc(C3COc4ccccc4O3)cc2)CC1. The molecule has 5 heteroatoms. The quantitative estimate of drug-likeness (QED) is 0.806. The number of fused-ring (bicyclic) bond motifs is 1. The highest BCUT2D eigenvalue weighted by molar-refractivity contribution is 5.74. The highest BCUT2D eigenvalue weighted by Crippen LogP contribution is 2.37. The Labute approximate surface area is 172 Å². The van der Waals surface area contributed by atoms with E-state index in [9.17, 15) is 9.90 Å². The number of hydrogen-bond acceptors (Lipinski definition) is 4. The lowest BCUT2D eigenvalue weighted by atomic mass is 9.74. The minimum atomic E-state index is -0.692. The van der Waals surface area contributed by atoms with Gasteiger partial charge in [0.05, 0.1) is 5.41 Å². The maximum Gasteiger partial charge on any atom is 0.309 e. The van der Waals surface area contributed by atoms with Crippen LogP contribution in [0, 0.1) is 11.3 Å². The van der Waals surface area contributed by atoms with E-state index in [1.807, 2.05) is 38.1 Å². The maximum absolute atomic E-state index is 11.5. The second-order valence-electron chi connectivity index (χ2n) is 8.68. The fourth-order valence-electron chi connectivity index (χ4n) is 4.27. The number of nitrogens with zero attached hydrogens (tertiary/aromatic N) is 1. The largest absolute Gasteiger partial charge is 0.485 e. The van der Waals surface area contributed by atoms with Crippen molar-refractivity contribution in [2.75, 3.05) is 19.7 Å². The van der Waals surface area contributed by atoms with Gasteiger partial charge in [0.25, 0.3) is 0 Å². The molecule has 2 aliphatic heterocycles. The molecule has 0 amide bonds. The van der Waals surface area contributed by atoms with E-state index in [0.29, 0.717) is 6.61 Å². The Morgan fingerprint density at radius 3 is 2.38 bits per heavy atom. The first kappa shape index (κ1) is 19.8. The second kappa shape index (κ2) is 8.07. The molecule has 1 unspecified atom stereocenters. The van der Waals surface area contributed by atoms with Gasteiger partial charge < -0.3 is 14.6 Å². The van der Waals surface area contributed by atoms with E-state index in [4.69, 9.17) is 9.47 Å². The molecular formula is C24H29NO4. The van der Waals surface area contributed by atoms with Crippen molar-refractivity contribution in [1.82, 2.24) is 4.90 Å². The average Bonchev–Trinajstić information content (AvgIpc) is 2.74. The molecule has 5 nitrogen and oxygen atoms in total. The van der Waals surface area contributed by atoms with Crippen molar-refractivity contribution >= 4 is 5.97 Å². The number of piperidine rings is 1. The predicted molar refractivity (Wildman–Crippen MR) is 111 cm³/mol. The summed E-state index contributed by atoms with van der Waals surface area (Å²) in [5.41, 5.74) is 1.74. The smallest absolute Gasteiger partial charge is 0.309 e. The van der Waals surface area contributed by atoms with Gasteiger partial charge in [-0.25, -0.2) is 0 Å². The van der Waals surface area contributed by atoms with Crippen LogP contribution in [0.1, 0.15) is 43.9 Å². The number of carboxylic acids is 1. The van der Waals surface area contributed by atoms with E-state index >= 15 is 0 Å². The summed E-state index contributed by atoms with van der Waals surface area (Å²) in [5.74, 6) is 1.14. The topological polar surface area (TPSA) is 59.0 Å². The van der Waals surface area contributed by atoms with Gasteiger partial charge in [-0.1, -0.05) is 36.4 Å². The summed E-state index contributed by atoms with van der Waals surface area (Å²) in [4.78, 5) is 13.9. The summed E-state index contributed by atoms with van der Waals surface area (Å²) in [7, 11) is 0. The van der Waals surface area contributed by atoms with Gasteiger partial charge in [-0.05, 0) is 69.0 Å². The minimum absolute atomic E-state index is 0.0899. The van der Waals surface area contributed by atoms with E-state index < -0.39 is 11.4 Å². The summed E-state index contributed by atoms with van der Waals surface area (Å²) in [6.45, 7) is 7.00. The van der Waals surface area contributed by atoms with Gasteiger partial charge in [-0.3, -0.25) is 9.69 Å². The zero-order valence-electron chi connectivity index (χ0n) is 17.1. The maximum atomic E-state index is 11.5. The van der Waals surface area contributed by atoms with Gasteiger partial charge in [-0.2, -0.15) is 0 Å². The van der Waals surface area contributed by atoms with Crippen molar-refractivity contribution < 1.29 is 19.4 Å². The molecule has 2 aromatic rings. The molecule has 154 valence electrons. The number of aliphatic carboxylic acids is 1. The first-order valence-electron chi connectivity index (χ1n) is 10.4. The molecule has 2 heterocycles. The summed E-state index contributed by atoms with van der Waals surface area (Å²) >= 11 is 0. The fourth-order valence-corrected chi connectivity index (χ4v) is 4.27. The van der Waals surface area contributed by atoms with Crippen LogP contribution in [0.5, 0.6) is 11.5 Å². The number of rotatable bonds is 5. The Morgan fingerprint density at radius 2 is 1.72 bits per heavy atom. The lowest BCUT2D eigenvalue weighted by molar-refractivity contribution is -0.151. The lowest BCUT2D eigenvalue weighted by Crippen LogP contribution is -2.41. The van der Waals surface area contributed by atoms with Gasteiger partial charge in [0.1, 0.15) is 6.61 Å². The summed E-state index contributed by atoms with van der Waals surface area (Å²) < 4.78 is 11.9. The third-order valence-electron chi connectivity index (χ3n) is 6.43.